The van der Waals surface area contributed by atoms with Gasteiger partial charge >= 0.3 is 0 Å². The molecule has 0 amide bonds. The molecule has 0 saturated carbocycles. The van der Waals surface area contributed by atoms with Crippen molar-refractivity contribution in [2.75, 3.05) is 0 Å². The maximum atomic E-state index is 8.79. The first-order valence-corrected chi connectivity index (χ1v) is 11.1. The molecule has 2 heterocycles. The summed E-state index contributed by atoms with van der Waals surface area (Å²) in [7, 11) is 2.00. The summed E-state index contributed by atoms with van der Waals surface area (Å²) >= 11 is 0. The molecule has 2 heteroatoms. The Kier molecular flexibility index (Phi) is 4.34. The molecule has 0 aliphatic heterocycles. The molecule has 0 atom stereocenters. The number of hydrogen-bond donors (Lipinski definition) is 0. The first-order chi connectivity index (χ1) is 16.1. The summed E-state index contributed by atoms with van der Waals surface area (Å²) in [5, 5.41) is 2.15. The first-order valence-electron chi connectivity index (χ1n) is 12.1. The van der Waals surface area contributed by atoms with Crippen molar-refractivity contribution in [3.8, 4) is 22.4 Å². The van der Waals surface area contributed by atoms with Crippen LogP contribution in [0.15, 0.2) is 83.4 Å². The van der Waals surface area contributed by atoms with Gasteiger partial charge in [0.05, 0.1) is 5.56 Å². The van der Waals surface area contributed by atoms with Crippen LogP contribution in [0, 0.1) is 12.3 Å². The van der Waals surface area contributed by atoms with Gasteiger partial charge in [-0.2, -0.15) is 0 Å². The number of pyridine rings is 1. The van der Waals surface area contributed by atoms with E-state index in [0.29, 0.717) is 5.56 Å². The number of benzene rings is 3. The van der Waals surface area contributed by atoms with Crippen molar-refractivity contribution in [1.29, 1.82) is 0 Å². The van der Waals surface area contributed by atoms with Crippen LogP contribution in [0.2, 0.25) is 0 Å². The first kappa shape index (κ1) is 18.2. The Balaban J connectivity index is 1.74. The molecule has 160 valence electrons. The molecule has 32 heavy (non-hydrogen) atoms. The van der Waals surface area contributed by atoms with Gasteiger partial charge in [0.25, 0.3) is 0 Å². The Hall–Kier alpha value is -3.39. The lowest BCUT2D eigenvalue weighted by molar-refractivity contribution is -0.660. The van der Waals surface area contributed by atoms with E-state index in [-0.39, 0.29) is 0 Å². The average molecular weight is 423 g/mol. The third kappa shape index (κ3) is 3.71. The summed E-state index contributed by atoms with van der Waals surface area (Å²) < 4.78 is 26.2. The van der Waals surface area contributed by atoms with E-state index in [2.05, 4.69) is 49.4 Å². The van der Waals surface area contributed by atoms with E-state index in [0.717, 1.165) is 49.9 Å². The van der Waals surface area contributed by atoms with Gasteiger partial charge in [0.1, 0.15) is 18.2 Å². The van der Waals surface area contributed by atoms with Gasteiger partial charge in [0.2, 0.25) is 5.69 Å². The Morgan fingerprint density at radius 2 is 1.62 bits per heavy atom. The largest absolute Gasteiger partial charge is 0.455 e. The lowest BCUT2D eigenvalue weighted by Crippen LogP contribution is -2.31. The number of rotatable bonds is 3. The van der Waals surface area contributed by atoms with Crippen LogP contribution in [0.5, 0.6) is 0 Å². The quantitative estimate of drug-likeness (QED) is 0.273. The summed E-state index contributed by atoms with van der Waals surface area (Å²) in [5.41, 5.74) is 7.15. The van der Waals surface area contributed by atoms with Crippen molar-refractivity contribution >= 4 is 21.9 Å². The number of fused-ring (bicyclic) bond motifs is 3. The van der Waals surface area contributed by atoms with Gasteiger partial charge in [-0.25, -0.2) is 4.57 Å². The maximum absolute atomic E-state index is 8.79. The lowest BCUT2D eigenvalue weighted by Gasteiger charge is -2.18. The molecule has 2 aromatic heterocycles. The van der Waals surface area contributed by atoms with Crippen LogP contribution < -0.4 is 4.57 Å². The standard InChI is InChI=1S/C30H30NO/c1-20-11-13-25-24-14-12-23(22-9-7-6-8-10-22)18-27(24)32-29(25)28(20)26-17-21(15-16-31(26)5)19-30(2,3)4/h6-18H,19H2,1-5H3/q+1/i19D2. The number of aryl methyl sites for hydroxylation is 2. The van der Waals surface area contributed by atoms with Crippen LogP contribution in [0.3, 0.4) is 0 Å². The zero-order chi connectivity index (χ0) is 24.3. The molecule has 0 fully saturated rings. The van der Waals surface area contributed by atoms with E-state index < -0.39 is 11.8 Å². The molecule has 3 aromatic carbocycles. The molecule has 0 N–H and O–H groups in total. The fourth-order valence-corrected chi connectivity index (χ4v) is 4.40. The summed E-state index contributed by atoms with van der Waals surface area (Å²) in [5.74, 6) is 0. The molecule has 0 saturated heterocycles. The second-order valence-corrected chi connectivity index (χ2v) is 9.60. The monoisotopic (exact) mass is 422 g/mol. The highest BCUT2D eigenvalue weighted by atomic mass is 16.3. The van der Waals surface area contributed by atoms with Crippen molar-refractivity contribution in [1.82, 2.24) is 0 Å². The van der Waals surface area contributed by atoms with Gasteiger partial charge in [-0.1, -0.05) is 69.3 Å². The molecule has 5 rings (SSSR count). The number of hydrogen-bond acceptors (Lipinski definition) is 1. The second kappa shape index (κ2) is 7.63. The molecular weight excluding hydrogens is 390 g/mol. The third-order valence-corrected chi connectivity index (χ3v) is 5.88. The highest BCUT2D eigenvalue weighted by Crippen LogP contribution is 2.38. The highest BCUT2D eigenvalue weighted by Gasteiger charge is 2.22. The van der Waals surface area contributed by atoms with E-state index in [1.54, 1.807) is 0 Å². The minimum atomic E-state index is -1.48. The van der Waals surface area contributed by atoms with Crippen LogP contribution in [-0.2, 0) is 13.4 Å². The average Bonchev–Trinajstić information content (AvgIpc) is 3.17. The van der Waals surface area contributed by atoms with E-state index >= 15 is 0 Å². The number of nitrogens with zero attached hydrogens (tertiary/aromatic N) is 1. The second-order valence-electron chi connectivity index (χ2n) is 9.60. The summed E-state index contributed by atoms with van der Waals surface area (Å²) in [4.78, 5) is 0. The van der Waals surface area contributed by atoms with Crippen LogP contribution in [0.4, 0.5) is 0 Å². The fourth-order valence-electron chi connectivity index (χ4n) is 4.40. The van der Waals surface area contributed by atoms with E-state index in [1.807, 2.05) is 68.9 Å². The van der Waals surface area contributed by atoms with Gasteiger partial charge in [0, 0.05) is 25.6 Å². The normalized spacial score (nSPS) is 13.4. The SMILES string of the molecule is [2H]C([2H])(c1cc[n+](C)c(-c2c(C)ccc3c2oc2cc(-c4ccccc4)ccc23)c1)C(C)(C)C. The molecule has 0 bridgehead atoms. The molecule has 0 aliphatic carbocycles. The smallest absolute Gasteiger partial charge is 0.216 e. The molecule has 0 unspecified atom stereocenters. The summed E-state index contributed by atoms with van der Waals surface area (Å²) in [6.45, 7) is 7.90. The summed E-state index contributed by atoms with van der Waals surface area (Å²) in [6.07, 6.45) is 0.471. The third-order valence-electron chi connectivity index (χ3n) is 5.88. The topological polar surface area (TPSA) is 17.0 Å². The van der Waals surface area contributed by atoms with E-state index in [1.165, 1.54) is 0 Å². The van der Waals surface area contributed by atoms with Crippen molar-refractivity contribution < 1.29 is 11.7 Å². The Morgan fingerprint density at radius 1 is 0.875 bits per heavy atom. The fraction of sp³-hybridized carbons (Fsp3) is 0.233. The highest BCUT2D eigenvalue weighted by molar-refractivity contribution is 6.10. The molecule has 2 nitrogen and oxygen atoms in total. The Morgan fingerprint density at radius 3 is 2.38 bits per heavy atom. The Labute approximate surface area is 192 Å². The van der Waals surface area contributed by atoms with Gasteiger partial charge in [-0.3, -0.25) is 0 Å². The number of aromatic nitrogens is 1. The van der Waals surface area contributed by atoms with Crippen LogP contribution in [-0.4, -0.2) is 0 Å². The minimum absolute atomic E-state index is 0.529. The van der Waals surface area contributed by atoms with Gasteiger partial charge in [-0.15, -0.1) is 0 Å². The molecule has 0 aliphatic rings. The van der Waals surface area contributed by atoms with E-state index in [9.17, 15) is 0 Å². The van der Waals surface area contributed by atoms with Crippen molar-refractivity contribution in [3.05, 3.63) is 90.1 Å². The zero-order valence-corrected chi connectivity index (χ0v) is 19.4. The molecule has 0 radical (unpaired) electrons. The van der Waals surface area contributed by atoms with E-state index in [4.69, 9.17) is 7.16 Å². The summed E-state index contributed by atoms with van der Waals surface area (Å²) in [6, 6.07) is 24.8. The Bertz CT molecular complexity index is 1530. The molecule has 5 aromatic rings. The van der Waals surface area contributed by atoms with Gasteiger partial charge < -0.3 is 4.42 Å². The zero-order valence-electron chi connectivity index (χ0n) is 21.4. The minimum Gasteiger partial charge on any atom is -0.455 e. The predicted octanol–water partition coefficient (Wildman–Crippen LogP) is 7.64. The number of furan rings is 1. The van der Waals surface area contributed by atoms with Crippen LogP contribution in [0.1, 0.15) is 34.6 Å². The van der Waals surface area contributed by atoms with Crippen LogP contribution >= 0.6 is 0 Å². The molecular formula is C30H30NO+. The van der Waals surface area contributed by atoms with Crippen molar-refractivity contribution in [2.45, 2.75) is 34.1 Å². The van der Waals surface area contributed by atoms with Crippen LogP contribution in [0.25, 0.3) is 44.3 Å². The van der Waals surface area contributed by atoms with Crippen molar-refractivity contribution in [3.63, 3.8) is 0 Å². The predicted molar refractivity (Wildman–Crippen MR) is 134 cm³/mol. The maximum Gasteiger partial charge on any atom is 0.216 e. The van der Waals surface area contributed by atoms with Gasteiger partial charge in [-0.05, 0) is 53.1 Å². The molecule has 0 spiro atoms. The van der Waals surface area contributed by atoms with Gasteiger partial charge in [0.15, 0.2) is 6.20 Å². The van der Waals surface area contributed by atoms with Crippen molar-refractivity contribution in [2.24, 2.45) is 12.5 Å². The lowest BCUT2D eigenvalue weighted by atomic mass is 9.88.